The maximum Gasteiger partial charge on any atom is 0.407 e. The average molecular weight is 507 g/mol. The van der Waals surface area contributed by atoms with Gasteiger partial charge in [0.15, 0.2) is 0 Å². The van der Waals surface area contributed by atoms with Crippen molar-refractivity contribution >= 4 is 29.3 Å². The quantitative estimate of drug-likeness (QED) is 0.453. The van der Waals surface area contributed by atoms with Crippen LogP contribution in [0.2, 0.25) is 0 Å². The number of carbonyl (C=O) groups is 3. The van der Waals surface area contributed by atoms with Gasteiger partial charge in [0.2, 0.25) is 5.91 Å². The Kier molecular flexibility index (Phi) is 8.85. The number of para-hydroxylation sites is 2. The number of hydrogen-bond donors (Lipinski definition) is 1. The summed E-state index contributed by atoms with van der Waals surface area (Å²) in [6, 6.07) is 19.3. The number of alkyl carbamates (subject to hydrolysis) is 1. The molecule has 37 heavy (non-hydrogen) atoms. The first-order chi connectivity index (χ1) is 17.9. The Balaban J connectivity index is 1.52. The van der Waals surface area contributed by atoms with Gasteiger partial charge < -0.3 is 14.8 Å². The molecular formula is C30H38N2O5. The van der Waals surface area contributed by atoms with Crippen LogP contribution in [0.3, 0.4) is 0 Å². The molecule has 2 aromatic rings. The van der Waals surface area contributed by atoms with Crippen LogP contribution in [0.1, 0.15) is 52.9 Å². The number of hydrogen-bond acceptors (Lipinski definition) is 5. The molecule has 0 unspecified atom stereocenters. The third kappa shape index (κ3) is 6.32. The van der Waals surface area contributed by atoms with Gasteiger partial charge in [0.25, 0.3) is 0 Å². The van der Waals surface area contributed by atoms with Crippen LogP contribution in [0.4, 0.5) is 16.2 Å². The Bertz CT molecular complexity index is 1020. The lowest BCUT2D eigenvalue weighted by Gasteiger charge is -2.34. The minimum absolute atomic E-state index is 0.0387. The number of benzene rings is 2. The molecule has 1 aliphatic carbocycles. The summed E-state index contributed by atoms with van der Waals surface area (Å²) in [6.45, 7) is 5.94. The van der Waals surface area contributed by atoms with Gasteiger partial charge >= 0.3 is 12.1 Å². The van der Waals surface area contributed by atoms with E-state index in [9.17, 15) is 14.4 Å². The monoisotopic (exact) mass is 506 g/mol. The van der Waals surface area contributed by atoms with Crippen LogP contribution >= 0.6 is 0 Å². The molecule has 7 heteroatoms. The lowest BCUT2D eigenvalue weighted by atomic mass is 9.73. The summed E-state index contributed by atoms with van der Waals surface area (Å²) in [7, 11) is 0. The van der Waals surface area contributed by atoms with Crippen molar-refractivity contribution in [3.8, 4) is 0 Å². The first-order valence-electron chi connectivity index (χ1n) is 13.5. The van der Waals surface area contributed by atoms with E-state index in [4.69, 9.17) is 9.47 Å². The molecule has 4 rings (SSSR count). The SMILES string of the molecule is CCOC(=O)N[C@@H]1CCC[C@H](C[C@H]2C(=O)O[C@H](C)[C@H]2[C@H](C)C(=O)N(c2ccccc2)c2ccccc2)C1. The van der Waals surface area contributed by atoms with E-state index in [-0.39, 0.29) is 47.9 Å². The number of nitrogens with one attached hydrogen (secondary N) is 1. The van der Waals surface area contributed by atoms with Crippen molar-refractivity contribution < 1.29 is 23.9 Å². The molecule has 198 valence electrons. The Morgan fingerprint density at radius 3 is 2.27 bits per heavy atom. The van der Waals surface area contributed by atoms with Crippen molar-refractivity contribution in [3.63, 3.8) is 0 Å². The average Bonchev–Trinajstić information content (AvgIpc) is 3.17. The Morgan fingerprint density at radius 2 is 1.68 bits per heavy atom. The summed E-state index contributed by atoms with van der Waals surface area (Å²) in [6.07, 6.45) is 3.60. The van der Waals surface area contributed by atoms with Crippen molar-refractivity contribution in [2.24, 2.45) is 23.7 Å². The van der Waals surface area contributed by atoms with Crippen LogP contribution in [0.25, 0.3) is 0 Å². The number of anilines is 2. The van der Waals surface area contributed by atoms with E-state index >= 15 is 0 Å². The zero-order valence-electron chi connectivity index (χ0n) is 22.0. The molecule has 6 atom stereocenters. The minimum Gasteiger partial charge on any atom is -0.462 e. The van der Waals surface area contributed by atoms with Crippen LogP contribution in [-0.4, -0.2) is 36.7 Å². The fourth-order valence-corrected chi connectivity index (χ4v) is 6.10. The van der Waals surface area contributed by atoms with Crippen molar-refractivity contribution in [1.82, 2.24) is 5.32 Å². The van der Waals surface area contributed by atoms with Gasteiger partial charge in [-0.3, -0.25) is 14.5 Å². The molecule has 2 amide bonds. The summed E-state index contributed by atoms with van der Waals surface area (Å²) < 4.78 is 10.8. The summed E-state index contributed by atoms with van der Waals surface area (Å²) in [5.41, 5.74) is 1.58. The predicted molar refractivity (Wildman–Crippen MR) is 142 cm³/mol. The first-order valence-corrected chi connectivity index (χ1v) is 13.5. The molecule has 2 fully saturated rings. The Labute approximate surface area is 219 Å². The van der Waals surface area contributed by atoms with Crippen molar-refractivity contribution in [2.45, 2.75) is 65.0 Å². The third-order valence-electron chi connectivity index (χ3n) is 7.79. The van der Waals surface area contributed by atoms with E-state index in [2.05, 4.69) is 5.32 Å². The second-order valence-corrected chi connectivity index (χ2v) is 10.3. The van der Waals surface area contributed by atoms with E-state index < -0.39 is 5.92 Å². The Hall–Kier alpha value is -3.35. The highest BCUT2D eigenvalue weighted by Gasteiger charge is 2.48. The van der Waals surface area contributed by atoms with Crippen LogP contribution < -0.4 is 10.2 Å². The molecule has 1 heterocycles. The lowest BCUT2D eigenvalue weighted by molar-refractivity contribution is -0.144. The van der Waals surface area contributed by atoms with Crippen molar-refractivity contribution in [1.29, 1.82) is 0 Å². The highest BCUT2D eigenvalue weighted by Crippen LogP contribution is 2.42. The summed E-state index contributed by atoms with van der Waals surface area (Å²) in [5, 5.41) is 2.96. The van der Waals surface area contributed by atoms with Gasteiger partial charge in [0.05, 0.1) is 12.5 Å². The van der Waals surface area contributed by atoms with Gasteiger partial charge in [-0.1, -0.05) is 56.2 Å². The molecular weight excluding hydrogens is 468 g/mol. The summed E-state index contributed by atoms with van der Waals surface area (Å²) >= 11 is 0. The minimum atomic E-state index is -0.427. The normalized spacial score (nSPS) is 26.1. The molecule has 2 aliphatic rings. The molecule has 1 saturated heterocycles. The molecule has 7 nitrogen and oxygen atoms in total. The largest absolute Gasteiger partial charge is 0.462 e. The topological polar surface area (TPSA) is 84.9 Å². The lowest BCUT2D eigenvalue weighted by Crippen LogP contribution is -2.41. The number of amides is 2. The van der Waals surface area contributed by atoms with Crippen LogP contribution in [0, 0.1) is 23.7 Å². The van der Waals surface area contributed by atoms with Gasteiger partial charge in [-0.15, -0.1) is 0 Å². The predicted octanol–water partition coefficient (Wildman–Crippen LogP) is 5.86. The zero-order chi connectivity index (χ0) is 26.4. The van der Waals surface area contributed by atoms with Crippen LogP contribution in [-0.2, 0) is 19.1 Å². The number of cyclic esters (lactones) is 1. The number of esters is 1. The highest BCUT2D eigenvalue weighted by atomic mass is 16.6. The number of rotatable bonds is 8. The van der Waals surface area contributed by atoms with Gasteiger partial charge in [-0.2, -0.15) is 0 Å². The zero-order valence-corrected chi connectivity index (χ0v) is 22.0. The molecule has 2 aromatic carbocycles. The summed E-state index contributed by atoms with van der Waals surface area (Å²) in [5.74, 6) is -1.01. The molecule has 0 radical (unpaired) electrons. The van der Waals surface area contributed by atoms with E-state index in [1.54, 1.807) is 11.8 Å². The first kappa shape index (κ1) is 26.7. The maximum atomic E-state index is 14.1. The van der Waals surface area contributed by atoms with Crippen LogP contribution in [0.5, 0.6) is 0 Å². The van der Waals surface area contributed by atoms with Crippen molar-refractivity contribution in [2.75, 3.05) is 11.5 Å². The van der Waals surface area contributed by atoms with E-state index in [0.29, 0.717) is 13.0 Å². The van der Waals surface area contributed by atoms with E-state index in [0.717, 1.165) is 37.1 Å². The Morgan fingerprint density at radius 1 is 1.05 bits per heavy atom. The fraction of sp³-hybridized carbons (Fsp3) is 0.500. The number of carbonyl (C=O) groups excluding carboxylic acids is 3. The number of nitrogens with zero attached hydrogens (tertiary/aromatic N) is 1. The standard InChI is InChI=1S/C30H38N2O5/c1-4-36-30(35)31-23-13-11-12-22(18-23)19-26-27(21(3)37-29(26)34)20(2)28(33)32(24-14-7-5-8-15-24)25-16-9-6-10-17-25/h5-10,14-17,20-23,26-27H,4,11-13,18-19H2,1-3H3,(H,31,35)/t20-,21+,22-,23+,26+,27+/m0/s1. The van der Waals surface area contributed by atoms with Gasteiger partial charge in [0.1, 0.15) is 6.10 Å². The van der Waals surface area contributed by atoms with Crippen LogP contribution in [0.15, 0.2) is 60.7 Å². The van der Waals surface area contributed by atoms with E-state index in [1.165, 1.54) is 0 Å². The second kappa shape index (κ2) is 12.3. The molecule has 0 aromatic heterocycles. The number of ether oxygens (including phenoxy) is 2. The second-order valence-electron chi connectivity index (χ2n) is 10.3. The maximum absolute atomic E-state index is 14.1. The van der Waals surface area contributed by atoms with E-state index in [1.807, 2.05) is 74.5 Å². The van der Waals surface area contributed by atoms with Gasteiger partial charge in [-0.05, 0) is 63.3 Å². The molecule has 1 saturated carbocycles. The molecule has 1 N–H and O–H groups in total. The van der Waals surface area contributed by atoms with Gasteiger partial charge in [0, 0.05) is 29.3 Å². The smallest absolute Gasteiger partial charge is 0.407 e. The van der Waals surface area contributed by atoms with Crippen molar-refractivity contribution in [3.05, 3.63) is 60.7 Å². The molecule has 0 bridgehead atoms. The fourth-order valence-electron chi connectivity index (χ4n) is 6.10. The highest BCUT2D eigenvalue weighted by molar-refractivity contribution is 6.02. The third-order valence-corrected chi connectivity index (χ3v) is 7.79. The molecule has 1 aliphatic heterocycles. The molecule has 0 spiro atoms. The van der Waals surface area contributed by atoms with Gasteiger partial charge in [-0.25, -0.2) is 4.79 Å². The summed E-state index contributed by atoms with van der Waals surface area (Å²) in [4.78, 5) is 40.7.